The van der Waals surface area contributed by atoms with Crippen LogP contribution in [0.2, 0.25) is 0 Å². The first-order chi connectivity index (χ1) is 13.2. The maximum Gasteiger partial charge on any atom is 0.317 e. The lowest BCUT2D eigenvalue weighted by Crippen LogP contribution is -2.54. The molecule has 1 saturated carbocycles. The fourth-order valence-corrected chi connectivity index (χ4v) is 4.14. The minimum absolute atomic E-state index is 0.0240. The van der Waals surface area contributed by atoms with Crippen LogP contribution in [0.1, 0.15) is 24.8 Å². The normalized spacial score (nSPS) is 18.7. The van der Waals surface area contributed by atoms with Gasteiger partial charge in [-0.3, -0.25) is 0 Å². The van der Waals surface area contributed by atoms with E-state index >= 15 is 0 Å². The van der Waals surface area contributed by atoms with E-state index in [4.69, 9.17) is 0 Å². The molecule has 1 aliphatic carbocycles. The molecule has 2 fully saturated rings. The third-order valence-corrected chi connectivity index (χ3v) is 6.03. The Labute approximate surface area is 160 Å². The molecule has 0 radical (unpaired) electrons. The Bertz CT molecular complexity index is 766. The summed E-state index contributed by atoms with van der Waals surface area (Å²) in [7, 11) is 0. The van der Waals surface area contributed by atoms with Gasteiger partial charge in [0.25, 0.3) is 0 Å². The highest BCUT2D eigenvalue weighted by Gasteiger charge is 2.39. The number of urea groups is 1. The Morgan fingerprint density at radius 1 is 0.963 bits per heavy atom. The highest BCUT2D eigenvalue weighted by atomic mass is 19.1. The zero-order valence-electron chi connectivity index (χ0n) is 15.5. The second-order valence-corrected chi connectivity index (χ2v) is 7.61. The molecule has 1 heterocycles. The van der Waals surface area contributed by atoms with Gasteiger partial charge < -0.3 is 15.1 Å². The number of nitrogens with one attached hydrogen (secondary N) is 1. The molecule has 2 aromatic rings. The molecule has 0 aromatic heterocycles. The summed E-state index contributed by atoms with van der Waals surface area (Å²) in [6.45, 7) is 3.60. The summed E-state index contributed by atoms with van der Waals surface area (Å²) in [5.41, 5.74) is 2.44. The van der Waals surface area contributed by atoms with E-state index in [0.29, 0.717) is 19.6 Å². The lowest BCUT2D eigenvalue weighted by Gasteiger charge is -2.43. The number of rotatable bonds is 4. The molecule has 1 saturated heterocycles. The summed E-state index contributed by atoms with van der Waals surface area (Å²) in [6.07, 6.45) is 3.49. The Kier molecular flexibility index (Phi) is 5.01. The monoisotopic (exact) mass is 367 g/mol. The summed E-state index contributed by atoms with van der Waals surface area (Å²) in [5.74, 6) is -0.222. The third kappa shape index (κ3) is 3.77. The van der Waals surface area contributed by atoms with E-state index in [2.05, 4.69) is 34.5 Å². The van der Waals surface area contributed by atoms with Crippen molar-refractivity contribution >= 4 is 11.7 Å². The highest BCUT2D eigenvalue weighted by molar-refractivity contribution is 5.74. The molecule has 2 aliphatic rings. The Morgan fingerprint density at radius 2 is 1.63 bits per heavy atom. The molecule has 27 heavy (non-hydrogen) atoms. The number of nitrogens with zero attached hydrogens (tertiary/aromatic N) is 2. The predicted octanol–water partition coefficient (Wildman–Crippen LogP) is 3.78. The van der Waals surface area contributed by atoms with Gasteiger partial charge in [-0.2, -0.15) is 0 Å². The first kappa shape index (κ1) is 17.8. The van der Waals surface area contributed by atoms with Crippen molar-refractivity contribution in [3.05, 3.63) is 66.0 Å². The van der Waals surface area contributed by atoms with Gasteiger partial charge in [-0.1, -0.05) is 36.8 Å². The number of hydrogen-bond acceptors (Lipinski definition) is 2. The lowest BCUT2D eigenvalue weighted by atomic mass is 9.64. The van der Waals surface area contributed by atoms with Crippen molar-refractivity contribution < 1.29 is 9.18 Å². The quantitative estimate of drug-likeness (QED) is 0.893. The van der Waals surface area contributed by atoms with Crippen molar-refractivity contribution in [2.75, 3.05) is 37.6 Å². The second kappa shape index (κ2) is 7.59. The number of benzene rings is 2. The van der Waals surface area contributed by atoms with Gasteiger partial charge in [0, 0.05) is 43.8 Å². The number of carbonyl (C=O) groups excluding carboxylic acids is 1. The first-order valence-corrected chi connectivity index (χ1v) is 9.75. The van der Waals surface area contributed by atoms with Gasteiger partial charge in [-0.15, -0.1) is 0 Å². The summed E-state index contributed by atoms with van der Waals surface area (Å²) < 4.78 is 13.1. The zero-order chi connectivity index (χ0) is 18.7. The van der Waals surface area contributed by atoms with E-state index in [1.54, 1.807) is 12.1 Å². The topological polar surface area (TPSA) is 35.6 Å². The number of hydrogen-bond donors (Lipinski definition) is 1. The van der Waals surface area contributed by atoms with Crippen LogP contribution in [-0.4, -0.2) is 43.7 Å². The van der Waals surface area contributed by atoms with Crippen molar-refractivity contribution in [1.29, 1.82) is 0 Å². The standard InChI is InChI=1S/C22H26FN3O/c23-19-7-9-20(10-8-19)25-13-15-26(16-14-25)21(27)24-17-22(11-4-12-22)18-5-2-1-3-6-18/h1-3,5-10H,4,11-17H2,(H,24,27). The summed E-state index contributed by atoms with van der Waals surface area (Å²) >= 11 is 0. The molecule has 4 rings (SSSR count). The van der Waals surface area contributed by atoms with Gasteiger partial charge in [0.05, 0.1) is 0 Å². The van der Waals surface area contributed by atoms with E-state index < -0.39 is 0 Å². The van der Waals surface area contributed by atoms with Crippen molar-refractivity contribution in [2.45, 2.75) is 24.7 Å². The van der Waals surface area contributed by atoms with Crippen LogP contribution in [0.15, 0.2) is 54.6 Å². The van der Waals surface area contributed by atoms with E-state index in [9.17, 15) is 9.18 Å². The molecule has 1 N–H and O–H groups in total. The van der Waals surface area contributed by atoms with Gasteiger partial charge in [-0.25, -0.2) is 9.18 Å². The van der Waals surface area contributed by atoms with Crippen molar-refractivity contribution in [3.8, 4) is 0 Å². The molecule has 1 aliphatic heterocycles. The summed E-state index contributed by atoms with van der Waals surface area (Å²) in [6, 6.07) is 17.1. The third-order valence-electron chi connectivity index (χ3n) is 6.03. The minimum Gasteiger partial charge on any atom is -0.368 e. The predicted molar refractivity (Wildman–Crippen MR) is 106 cm³/mol. The van der Waals surface area contributed by atoms with Crippen LogP contribution in [0.4, 0.5) is 14.9 Å². The van der Waals surface area contributed by atoms with Gasteiger partial charge >= 0.3 is 6.03 Å². The average molecular weight is 367 g/mol. The molecule has 5 heteroatoms. The average Bonchev–Trinajstić information content (AvgIpc) is 2.68. The molecule has 142 valence electrons. The molecule has 4 nitrogen and oxygen atoms in total. The van der Waals surface area contributed by atoms with Crippen LogP contribution in [0.5, 0.6) is 0 Å². The summed E-state index contributed by atoms with van der Waals surface area (Å²) in [4.78, 5) is 16.7. The number of piperazine rings is 1. The van der Waals surface area contributed by atoms with Gasteiger partial charge in [0.1, 0.15) is 5.82 Å². The molecule has 2 aromatic carbocycles. The Morgan fingerprint density at radius 3 is 2.22 bits per heavy atom. The van der Waals surface area contributed by atoms with Crippen molar-refractivity contribution in [1.82, 2.24) is 10.2 Å². The number of anilines is 1. The van der Waals surface area contributed by atoms with Crippen LogP contribution in [0.3, 0.4) is 0 Å². The van der Waals surface area contributed by atoms with Gasteiger partial charge in [0.15, 0.2) is 0 Å². The Hall–Kier alpha value is -2.56. The lowest BCUT2D eigenvalue weighted by molar-refractivity contribution is 0.180. The van der Waals surface area contributed by atoms with E-state index in [1.807, 2.05) is 11.0 Å². The SMILES string of the molecule is O=C(NCC1(c2ccccc2)CCC1)N1CCN(c2ccc(F)cc2)CC1. The molecular weight excluding hydrogens is 341 g/mol. The maximum atomic E-state index is 13.1. The second-order valence-electron chi connectivity index (χ2n) is 7.61. The number of halogens is 1. The van der Waals surface area contributed by atoms with E-state index in [1.165, 1.54) is 24.1 Å². The largest absolute Gasteiger partial charge is 0.368 e. The zero-order valence-corrected chi connectivity index (χ0v) is 15.5. The van der Waals surface area contributed by atoms with Crippen LogP contribution in [-0.2, 0) is 5.41 Å². The van der Waals surface area contributed by atoms with Crippen molar-refractivity contribution in [3.63, 3.8) is 0 Å². The Balaban J connectivity index is 1.30. The van der Waals surface area contributed by atoms with Gasteiger partial charge in [0.2, 0.25) is 0 Å². The maximum absolute atomic E-state index is 13.1. The van der Waals surface area contributed by atoms with E-state index in [-0.39, 0.29) is 17.3 Å². The van der Waals surface area contributed by atoms with Gasteiger partial charge in [-0.05, 0) is 42.7 Å². The summed E-state index contributed by atoms with van der Waals surface area (Å²) in [5, 5.41) is 3.17. The number of carbonyl (C=O) groups is 1. The molecule has 0 atom stereocenters. The van der Waals surface area contributed by atoms with E-state index in [0.717, 1.165) is 31.6 Å². The smallest absolute Gasteiger partial charge is 0.317 e. The minimum atomic E-state index is -0.222. The number of amides is 2. The fourth-order valence-electron chi connectivity index (χ4n) is 4.14. The fraction of sp³-hybridized carbons (Fsp3) is 0.409. The molecule has 0 spiro atoms. The van der Waals surface area contributed by atoms with Crippen LogP contribution >= 0.6 is 0 Å². The van der Waals surface area contributed by atoms with Crippen LogP contribution < -0.4 is 10.2 Å². The molecule has 0 unspecified atom stereocenters. The molecular formula is C22H26FN3O. The molecule has 0 bridgehead atoms. The highest BCUT2D eigenvalue weighted by Crippen LogP contribution is 2.43. The molecule has 2 amide bonds. The van der Waals surface area contributed by atoms with Crippen LogP contribution in [0.25, 0.3) is 0 Å². The first-order valence-electron chi connectivity index (χ1n) is 9.75. The van der Waals surface area contributed by atoms with Crippen LogP contribution in [0, 0.1) is 5.82 Å². The van der Waals surface area contributed by atoms with Crippen molar-refractivity contribution in [2.24, 2.45) is 0 Å².